The molecule has 0 aliphatic carbocycles. The van der Waals surface area contributed by atoms with Crippen LogP contribution < -0.4 is 4.31 Å². The zero-order chi connectivity index (χ0) is 35.0. The maximum atomic E-state index is 13.0. The molecule has 6 heteroatoms. The highest BCUT2D eigenvalue weighted by Crippen LogP contribution is 2.50. The Kier molecular flexibility index (Phi) is 12.7. The predicted octanol–water partition coefficient (Wildman–Crippen LogP) is 11.2. The van der Waals surface area contributed by atoms with Gasteiger partial charge in [0.05, 0.1) is 24.3 Å². The number of hydrogen-bond acceptors (Lipinski definition) is 5. The number of carbonyl (C=O) groups excluding carboxylic acids is 1. The van der Waals surface area contributed by atoms with Gasteiger partial charge in [-0.15, -0.1) is 0 Å². The quantitative estimate of drug-likeness (QED) is 0.104. The van der Waals surface area contributed by atoms with Crippen molar-refractivity contribution in [1.29, 1.82) is 0 Å². The van der Waals surface area contributed by atoms with Crippen LogP contribution in [0.5, 0.6) is 0 Å². The topological polar surface area (TPSA) is 49.8 Å². The Hall–Kier alpha value is -3.87. The molecule has 0 atom stereocenters. The van der Waals surface area contributed by atoms with Gasteiger partial charge in [-0.25, -0.2) is 4.79 Å². The lowest BCUT2D eigenvalue weighted by Crippen LogP contribution is -2.22. The van der Waals surface area contributed by atoms with Gasteiger partial charge in [0.25, 0.3) is 0 Å². The molecule has 0 spiro atoms. The molecule has 4 aromatic carbocycles. The Morgan fingerprint density at radius 3 is 2.15 bits per heavy atom. The van der Waals surface area contributed by atoms with Crippen LogP contribution in [0.3, 0.4) is 0 Å². The summed E-state index contributed by atoms with van der Waals surface area (Å²) in [7, 11) is 0. The van der Waals surface area contributed by atoms with E-state index >= 15 is 0 Å². The van der Waals surface area contributed by atoms with Crippen LogP contribution in [0.15, 0.2) is 66.7 Å². The molecule has 0 saturated carbocycles. The molecule has 254 valence electrons. The SMILES string of the molecule is CC(C)(C)O.CCCCCc1ccc(/C=C/c2ccc3c(c2)CN(SC)c2c(C)c(CC(=O)OF)c(-c4ccc(C)cc4)c(C)c2-3)cc1. The molecule has 1 aliphatic heterocycles. The van der Waals surface area contributed by atoms with Crippen molar-refractivity contribution in [2.45, 2.75) is 92.7 Å². The van der Waals surface area contributed by atoms with E-state index in [0.717, 1.165) is 63.2 Å². The number of anilines is 1. The number of fused-ring (bicyclic) bond motifs is 3. The second-order valence-electron chi connectivity index (χ2n) is 13.7. The highest BCUT2D eigenvalue weighted by atomic mass is 32.2. The van der Waals surface area contributed by atoms with E-state index in [0.29, 0.717) is 0 Å². The van der Waals surface area contributed by atoms with Crippen molar-refractivity contribution >= 4 is 35.8 Å². The van der Waals surface area contributed by atoms with Crippen LogP contribution in [0.4, 0.5) is 10.2 Å². The van der Waals surface area contributed by atoms with Crippen molar-refractivity contribution in [3.63, 3.8) is 0 Å². The van der Waals surface area contributed by atoms with Crippen molar-refractivity contribution in [3.8, 4) is 22.3 Å². The third-order valence-electron chi connectivity index (χ3n) is 8.54. The van der Waals surface area contributed by atoms with Crippen LogP contribution in [0.2, 0.25) is 0 Å². The molecular formula is C42H50FNO3S. The Morgan fingerprint density at radius 2 is 1.54 bits per heavy atom. The first-order chi connectivity index (χ1) is 22.8. The van der Waals surface area contributed by atoms with Gasteiger partial charge < -0.3 is 9.41 Å². The molecule has 0 fully saturated rings. The summed E-state index contributed by atoms with van der Waals surface area (Å²) in [6, 6.07) is 23.9. The molecule has 4 nitrogen and oxygen atoms in total. The summed E-state index contributed by atoms with van der Waals surface area (Å²) in [5.41, 5.74) is 13.9. The van der Waals surface area contributed by atoms with Gasteiger partial charge in [0, 0.05) is 16.3 Å². The number of carbonyl (C=O) groups is 1. The molecule has 0 radical (unpaired) electrons. The fourth-order valence-electron chi connectivity index (χ4n) is 6.24. The molecule has 0 saturated heterocycles. The van der Waals surface area contributed by atoms with Crippen LogP contribution in [0.25, 0.3) is 34.4 Å². The third-order valence-corrected chi connectivity index (χ3v) is 9.30. The number of aliphatic hydroxyl groups is 1. The molecule has 4 aromatic rings. The van der Waals surface area contributed by atoms with Crippen LogP contribution in [0.1, 0.15) is 91.5 Å². The second-order valence-corrected chi connectivity index (χ2v) is 14.5. The highest BCUT2D eigenvalue weighted by molar-refractivity contribution is 7.99. The first kappa shape index (κ1) is 37.0. The van der Waals surface area contributed by atoms with E-state index in [1.807, 2.05) is 6.92 Å². The number of nitrogens with zero attached hydrogens (tertiary/aromatic N) is 1. The van der Waals surface area contributed by atoms with Gasteiger partial charge in [-0.2, -0.15) is 0 Å². The maximum Gasteiger partial charge on any atom is 0.353 e. The molecule has 1 aliphatic rings. The summed E-state index contributed by atoms with van der Waals surface area (Å²) < 4.78 is 15.3. The maximum absolute atomic E-state index is 13.0. The van der Waals surface area contributed by atoms with Crippen molar-refractivity contribution in [1.82, 2.24) is 0 Å². The van der Waals surface area contributed by atoms with E-state index in [9.17, 15) is 9.32 Å². The second kappa shape index (κ2) is 16.5. The number of unbranched alkanes of at least 4 members (excludes halogenated alkanes) is 2. The summed E-state index contributed by atoms with van der Waals surface area (Å²) >= 11 is 1.66. The summed E-state index contributed by atoms with van der Waals surface area (Å²) in [6.45, 7) is 14.4. The lowest BCUT2D eigenvalue weighted by atomic mass is 9.80. The normalized spacial score (nSPS) is 12.3. The van der Waals surface area contributed by atoms with E-state index in [1.165, 1.54) is 41.5 Å². The Bertz CT molecular complexity index is 1730. The lowest BCUT2D eigenvalue weighted by molar-refractivity contribution is -0.182. The van der Waals surface area contributed by atoms with E-state index < -0.39 is 11.6 Å². The average molecular weight is 668 g/mol. The molecule has 0 unspecified atom stereocenters. The van der Waals surface area contributed by atoms with Gasteiger partial charge in [-0.3, -0.25) is 4.94 Å². The van der Waals surface area contributed by atoms with Crippen molar-refractivity contribution in [2.24, 2.45) is 0 Å². The van der Waals surface area contributed by atoms with Gasteiger partial charge in [0.2, 0.25) is 0 Å². The standard InChI is InChI=1S/C38H40FNO2S.C4H10O/c1-6-7-8-9-28-12-14-29(15-13-28)16-17-30-18-21-33-32(22-30)24-40(43-5)38-26(3)34(23-35(41)42-39)36(27(4)37(33)38)31-19-10-25(2)11-20-31;1-4(2,3)5/h10-22H,6-9,23-24H2,1-5H3;5H,1-3H3/b17-16+;. The minimum Gasteiger partial charge on any atom is -0.391 e. The number of halogens is 1. The Labute approximate surface area is 291 Å². The fourth-order valence-corrected chi connectivity index (χ4v) is 6.92. The minimum atomic E-state index is -0.884. The zero-order valence-electron chi connectivity index (χ0n) is 29.7. The molecule has 5 rings (SSSR count). The highest BCUT2D eigenvalue weighted by Gasteiger charge is 2.30. The Morgan fingerprint density at radius 1 is 0.917 bits per heavy atom. The average Bonchev–Trinajstić information content (AvgIpc) is 3.05. The molecule has 48 heavy (non-hydrogen) atoms. The van der Waals surface area contributed by atoms with E-state index in [1.54, 1.807) is 32.7 Å². The van der Waals surface area contributed by atoms with Crippen LogP contribution in [-0.4, -0.2) is 22.9 Å². The van der Waals surface area contributed by atoms with Crippen molar-refractivity contribution in [3.05, 3.63) is 111 Å². The molecular weight excluding hydrogens is 618 g/mol. The number of rotatable bonds is 10. The fraction of sp³-hybridized carbons (Fsp3) is 0.357. The van der Waals surface area contributed by atoms with Crippen molar-refractivity contribution < 1.29 is 19.4 Å². The van der Waals surface area contributed by atoms with Gasteiger partial charge in [-0.05, 0) is 116 Å². The summed E-state index contributed by atoms with van der Waals surface area (Å²) in [5, 5.41) is 8.52. The monoisotopic (exact) mass is 667 g/mol. The number of hydrogen-bond donors (Lipinski definition) is 1. The Balaban J connectivity index is 0.000000968. The summed E-state index contributed by atoms with van der Waals surface area (Å²) in [5.74, 6) is -0.884. The summed E-state index contributed by atoms with van der Waals surface area (Å²) in [4.78, 5) is 15.9. The van der Waals surface area contributed by atoms with Gasteiger partial charge in [0.15, 0.2) is 0 Å². The third kappa shape index (κ3) is 9.39. The molecule has 1 N–H and O–H groups in total. The zero-order valence-corrected chi connectivity index (χ0v) is 30.6. The van der Waals surface area contributed by atoms with E-state index in [-0.39, 0.29) is 6.42 Å². The minimum absolute atomic E-state index is 0.127. The lowest BCUT2D eigenvalue weighted by Gasteiger charge is -2.36. The van der Waals surface area contributed by atoms with Crippen molar-refractivity contribution in [2.75, 3.05) is 10.6 Å². The molecule has 0 amide bonds. The molecule has 1 heterocycles. The van der Waals surface area contributed by atoms with Gasteiger partial charge >= 0.3 is 5.97 Å². The van der Waals surface area contributed by atoms with Crippen LogP contribution >= 0.6 is 11.9 Å². The molecule has 0 aromatic heterocycles. The number of benzene rings is 4. The predicted molar refractivity (Wildman–Crippen MR) is 203 cm³/mol. The largest absolute Gasteiger partial charge is 0.391 e. The van der Waals surface area contributed by atoms with E-state index in [4.69, 9.17) is 5.11 Å². The summed E-state index contributed by atoms with van der Waals surface area (Å²) in [6.07, 6.45) is 11.2. The molecule has 0 bridgehead atoms. The van der Waals surface area contributed by atoms with Crippen LogP contribution in [-0.2, 0) is 29.1 Å². The van der Waals surface area contributed by atoms with Gasteiger partial charge in [0.1, 0.15) is 0 Å². The van der Waals surface area contributed by atoms with Crippen LogP contribution in [0, 0.1) is 20.8 Å². The van der Waals surface area contributed by atoms with Gasteiger partial charge in [-0.1, -0.05) is 110 Å². The first-order valence-corrected chi connectivity index (χ1v) is 18.0. The number of aryl methyl sites for hydroxylation is 2. The first-order valence-electron chi connectivity index (χ1n) is 16.8. The van der Waals surface area contributed by atoms with E-state index in [2.05, 4.69) is 115 Å². The smallest absolute Gasteiger partial charge is 0.353 e.